The molecule has 0 unspecified atom stereocenters. The molecule has 0 atom stereocenters. The van der Waals surface area contributed by atoms with E-state index in [2.05, 4.69) is 25.6 Å². The Kier molecular flexibility index (Phi) is 5.16. The molecule has 3 aromatic rings. The largest absolute Gasteiger partial charge is 0.495 e. The van der Waals surface area contributed by atoms with E-state index in [1.807, 2.05) is 42.5 Å². The number of ether oxygens (including phenoxy) is 1. The lowest BCUT2D eigenvalue weighted by Gasteiger charge is -2.10. The van der Waals surface area contributed by atoms with Gasteiger partial charge in [-0.05, 0) is 24.3 Å². The molecule has 1 amide bonds. The van der Waals surface area contributed by atoms with Crippen molar-refractivity contribution in [3.63, 3.8) is 0 Å². The molecule has 7 heteroatoms. The topological polar surface area (TPSA) is 89.0 Å². The van der Waals surface area contributed by atoms with E-state index in [1.54, 1.807) is 19.4 Å². The number of aromatic nitrogens is 3. The van der Waals surface area contributed by atoms with Crippen molar-refractivity contribution in [3.8, 4) is 5.75 Å². The zero-order valence-electron chi connectivity index (χ0n) is 13.6. The average Bonchev–Trinajstić information content (AvgIpc) is 2.67. The van der Waals surface area contributed by atoms with Crippen LogP contribution >= 0.6 is 0 Å². The normalized spacial score (nSPS) is 10.1. The number of carbonyl (C=O) groups excluding carboxylic acids is 1. The standard InChI is InChI=1S/C18H17N5O2/c1-25-16-8-3-2-7-14(16)23-17-10-15(21-12-22-17)18(24)20-11-13-6-4-5-9-19-13/h2-10,12H,11H2,1H3,(H,20,24)(H,21,22,23). The Morgan fingerprint density at radius 2 is 1.92 bits per heavy atom. The van der Waals surface area contributed by atoms with Gasteiger partial charge < -0.3 is 15.4 Å². The fraction of sp³-hybridized carbons (Fsp3) is 0.111. The van der Waals surface area contributed by atoms with E-state index in [-0.39, 0.29) is 11.6 Å². The van der Waals surface area contributed by atoms with Crippen molar-refractivity contribution < 1.29 is 9.53 Å². The highest BCUT2D eigenvalue weighted by molar-refractivity contribution is 5.92. The number of amides is 1. The fourth-order valence-corrected chi connectivity index (χ4v) is 2.20. The summed E-state index contributed by atoms with van der Waals surface area (Å²) in [5.41, 5.74) is 1.80. The van der Waals surface area contributed by atoms with Gasteiger partial charge in [-0.3, -0.25) is 9.78 Å². The molecule has 25 heavy (non-hydrogen) atoms. The number of nitrogens with one attached hydrogen (secondary N) is 2. The van der Waals surface area contributed by atoms with E-state index in [0.717, 1.165) is 11.4 Å². The molecule has 0 aliphatic heterocycles. The number of anilines is 2. The maximum absolute atomic E-state index is 12.3. The molecule has 0 bridgehead atoms. The fourth-order valence-electron chi connectivity index (χ4n) is 2.20. The van der Waals surface area contributed by atoms with Crippen molar-refractivity contribution in [2.45, 2.75) is 6.54 Å². The molecular weight excluding hydrogens is 318 g/mol. The van der Waals surface area contributed by atoms with Gasteiger partial charge >= 0.3 is 0 Å². The third-order valence-corrected chi connectivity index (χ3v) is 3.43. The lowest BCUT2D eigenvalue weighted by Crippen LogP contribution is -2.24. The van der Waals surface area contributed by atoms with Gasteiger partial charge in [-0.15, -0.1) is 0 Å². The molecule has 126 valence electrons. The van der Waals surface area contributed by atoms with Crippen molar-refractivity contribution in [2.75, 3.05) is 12.4 Å². The summed E-state index contributed by atoms with van der Waals surface area (Å²) >= 11 is 0. The van der Waals surface area contributed by atoms with Crippen molar-refractivity contribution in [1.29, 1.82) is 0 Å². The third-order valence-electron chi connectivity index (χ3n) is 3.43. The second kappa shape index (κ2) is 7.87. The van der Waals surface area contributed by atoms with E-state index < -0.39 is 0 Å². The Balaban J connectivity index is 1.69. The van der Waals surface area contributed by atoms with Crippen LogP contribution in [0.1, 0.15) is 16.2 Å². The van der Waals surface area contributed by atoms with E-state index in [4.69, 9.17) is 4.74 Å². The van der Waals surface area contributed by atoms with Gasteiger partial charge in [-0.1, -0.05) is 18.2 Å². The second-order valence-electron chi connectivity index (χ2n) is 5.12. The summed E-state index contributed by atoms with van der Waals surface area (Å²) in [6.45, 7) is 0.332. The first-order chi connectivity index (χ1) is 12.3. The summed E-state index contributed by atoms with van der Waals surface area (Å²) in [5, 5.41) is 5.91. The molecule has 0 saturated heterocycles. The van der Waals surface area contributed by atoms with Gasteiger partial charge in [0.05, 0.1) is 25.0 Å². The van der Waals surface area contributed by atoms with Crippen molar-refractivity contribution >= 4 is 17.4 Å². The van der Waals surface area contributed by atoms with Gasteiger partial charge in [0, 0.05) is 12.3 Å². The number of hydrogen-bond donors (Lipinski definition) is 2. The minimum absolute atomic E-state index is 0.267. The Morgan fingerprint density at radius 1 is 1.08 bits per heavy atom. The molecular formula is C18H17N5O2. The smallest absolute Gasteiger partial charge is 0.270 e. The van der Waals surface area contributed by atoms with Crippen molar-refractivity contribution in [3.05, 3.63) is 72.4 Å². The van der Waals surface area contributed by atoms with Crippen LogP contribution in [0.5, 0.6) is 5.75 Å². The number of methoxy groups -OCH3 is 1. The van der Waals surface area contributed by atoms with Crippen LogP contribution in [0.15, 0.2) is 61.1 Å². The van der Waals surface area contributed by atoms with Gasteiger partial charge in [0.25, 0.3) is 5.91 Å². The molecule has 2 N–H and O–H groups in total. The minimum atomic E-state index is -0.295. The Labute approximate surface area is 145 Å². The van der Waals surface area contributed by atoms with Crippen LogP contribution in [0.2, 0.25) is 0 Å². The summed E-state index contributed by atoms with van der Waals surface area (Å²) in [6, 6.07) is 14.6. The molecule has 0 saturated carbocycles. The highest BCUT2D eigenvalue weighted by Gasteiger charge is 2.10. The summed E-state index contributed by atoms with van der Waals surface area (Å²) in [4.78, 5) is 24.6. The zero-order chi connectivity index (χ0) is 17.5. The maximum atomic E-state index is 12.3. The quantitative estimate of drug-likeness (QED) is 0.720. The second-order valence-corrected chi connectivity index (χ2v) is 5.12. The van der Waals surface area contributed by atoms with Crippen LogP contribution in [-0.4, -0.2) is 28.0 Å². The Morgan fingerprint density at radius 3 is 2.72 bits per heavy atom. The summed E-state index contributed by atoms with van der Waals surface area (Å²) in [6.07, 6.45) is 3.02. The van der Waals surface area contributed by atoms with E-state index in [9.17, 15) is 4.79 Å². The van der Waals surface area contributed by atoms with Crippen molar-refractivity contribution in [1.82, 2.24) is 20.3 Å². The Hall–Kier alpha value is -3.48. The molecule has 7 nitrogen and oxygen atoms in total. The predicted octanol–water partition coefficient (Wildman–Crippen LogP) is 2.55. The lowest BCUT2D eigenvalue weighted by atomic mass is 10.3. The van der Waals surface area contributed by atoms with Crippen LogP contribution in [0.3, 0.4) is 0 Å². The number of rotatable bonds is 6. The van der Waals surface area contributed by atoms with Gasteiger partial charge in [0.15, 0.2) is 0 Å². The molecule has 1 aromatic carbocycles. The highest BCUT2D eigenvalue weighted by Crippen LogP contribution is 2.26. The number of nitrogens with zero attached hydrogens (tertiary/aromatic N) is 3. The summed E-state index contributed by atoms with van der Waals surface area (Å²) in [5.74, 6) is 0.890. The highest BCUT2D eigenvalue weighted by atomic mass is 16.5. The number of benzene rings is 1. The first-order valence-corrected chi connectivity index (χ1v) is 7.66. The molecule has 0 aliphatic rings. The number of pyridine rings is 1. The van der Waals surface area contributed by atoms with Gasteiger partial charge in [-0.25, -0.2) is 9.97 Å². The van der Waals surface area contributed by atoms with E-state index in [0.29, 0.717) is 18.1 Å². The van der Waals surface area contributed by atoms with Crippen molar-refractivity contribution in [2.24, 2.45) is 0 Å². The minimum Gasteiger partial charge on any atom is -0.495 e. The monoisotopic (exact) mass is 335 g/mol. The molecule has 2 heterocycles. The molecule has 0 spiro atoms. The molecule has 0 fully saturated rings. The first kappa shape index (κ1) is 16.4. The first-order valence-electron chi connectivity index (χ1n) is 7.66. The summed E-state index contributed by atoms with van der Waals surface area (Å²) < 4.78 is 5.29. The SMILES string of the molecule is COc1ccccc1Nc1cc(C(=O)NCc2ccccn2)ncn1. The van der Waals surface area contributed by atoms with Crippen LogP contribution in [-0.2, 0) is 6.54 Å². The molecule has 0 radical (unpaired) electrons. The molecule has 2 aromatic heterocycles. The average molecular weight is 335 g/mol. The number of carbonyl (C=O) groups is 1. The zero-order valence-corrected chi connectivity index (χ0v) is 13.6. The van der Waals surface area contributed by atoms with Gasteiger partial charge in [0.1, 0.15) is 23.6 Å². The van der Waals surface area contributed by atoms with Crippen LogP contribution in [0, 0.1) is 0 Å². The molecule has 0 aliphatic carbocycles. The molecule has 3 rings (SSSR count). The van der Waals surface area contributed by atoms with Crippen LogP contribution < -0.4 is 15.4 Å². The van der Waals surface area contributed by atoms with E-state index >= 15 is 0 Å². The number of hydrogen-bond acceptors (Lipinski definition) is 6. The van der Waals surface area contributed by atoms with Crippen LogP contribution in [0.4, 0.5) is 11.5 Å². The lowest BCUT2D eigenvalue weighted by molar-refractivity contribution is 0.0945. The third kappa shape index (κ3) is 4.29. The van der Waals surface area contributed by atoms with Crippen LogP contribution in [0.25, 0.3) is 0 Å². The maximum Gasteiger partial charge on any atom is 0.270 e. The van der Waals surface area contributed by atoms with E-state index in [1.165, 1.54) is 6.33 Å². The number of para-hydroxylation sites is 2. The Bertz CT molecular complexity index is 855. The van der Waals surface area contributed by atoms with Gasteiger partial charge in [0.2, 0.25) is 0 Å². The predicted molar refractivity (Wildman–Crippen MR) is 93.7 cm³/mol. The summed E-state index contributed by atoms with van der Waals surface area (Å²) in [7, 11) is 1.59. The van der Waals surface area contributed by atoms with Gasteiger partial charge in [-0.2, -0.15) is 0 Å².